The molecule has 0 amide bonds. The van der Waals surface area contributed by atoms with E-state index in [4.69, 9.17) is 0 Å². The fourth-order valence-corrected chi connectivity index (χ4v) is 3.78. The van der Waals surface area contributed by atoms with Gasteiger partial charge in [0.2, 0.25) is 0 Å². The third kappa shape index (κ3) is 4.80. The van der Waals surface area contributed by atoms with E-state index in [1.807, 2.05) is 11.8 Å². The highest BCUT2D eigenvalue weighted by Gasteiger charge is 2.20. The Morgan fingerprint density at radius 3 is 2.85 bits per heavy atom. The van der Waals surface area contributed by atoms with E-state index in [-0.39, 0.29) is 0 Å². The summed E-state index contributed by atoms with van der Waals surface area (Å²) in [5, 5.41) is 4.35. The summed E-state index contributed by atoms with van der Waals surface area (Å²) in [5.41, 5.74) is 1.53. The van der Waals surface area contributed by atoms with Gasteiger partial charge in [-0.25, -0.2) is 0 Å². The van der Waals surface area contributed by atoms with Crippen molar-refractivity contribution in [3.05, 3.63) is 29.8 Å². The highest BCUT2D eigenvalue weighted by Crippen LogP contribution is 2.36. The van der Waals surface area contributed by atoms with Gasteiger partial charge in [0.25, 0.3) is 0 Å². The normalized spacial score (nSPS) is 17.9. The molecule has 0 spiro atoms. The van der Waals surface area contributed by atoms with Crippen molar-refractivity contribution in [2.75, 3.05) is 26.7 Å². The van der Waals surface area contributed by atoms with E-state index in [0.717, 1.165) is 18.3 Å². The number of thioether (sulfide) groups is 1. The summed E-state index contributed by atoms with van der Waals surface area (Å²) in [4.78, 5) is 3.90. The maximum absolute atomic E-state index is 3.63. The van der Waals surface area contributed by atoms with Crippen LogP contribution in [0.3, 0.4) is 0 Å². The minimum absolute atomic E-state index is 0.663. The molecule has 0 saturated carbocycles. The molecule has 20 heavy (non-hydrogen) atoms. The maximum atomic E-state index is 3.63. The summed E-state index contributed by atoms with van der Waals surface area (Å²) in [7, 11) is 2.21. The van der Waals surface area contributed by atoms with Gasteiger partial charge < -0.3 is 10.2 Å². The van der Waals surface area contributed by atoms with E-state index in [0.29, 0.717) is 6.04 Å². The number of hydrogen-bond donors (Lipinski definition) is 1. The molecule has 0 fully saturated rings. The molecule has 1 aliphatic heterocycles. The lowest BCUT2D eigenvalue weighted by Crippen LogP contribution is -2.29. The second-order valence-corrected chi connectivity index (χ2v) is 7.38. The van der Waals surface area contributed by atoms with Crippen LogP contribution < -0.4 is 5.32 Å². The average molecular weight is 292 g/mol. The number of benzene rings is 1. The first-order valence-corrected chi connectivity index (χ1v) is 8.70. The minimum Gasteiger partial charge on any atom is -0.316 e. The molecule has 1 atom stereocenters. The van der Waals surface area contributed by atoms with E-state index >= 15 is 0 Å². The summed E-state index contributed by atoms with van der Waals surface area (Å²) < 4.78 is 0. The quantitative estimate of drug-likeness (QED) is 0.739. The Labute approximate surface area is 128 Å². The molecule has 1 N–H and O–H groups in total. The van der Waals surface area contributed by atoms with Crippen LogP contribution in [0.4, 0.5) is 0 Å². The van der Waals surface area contributed by atoms with Gasteiger partial charge in [0.1, 0.15) is 0 Å². The van der Waals surface area contributed by atoms with Crippen molar-refractivity contribution in [2.24, 2.45) is 0 Å². The zero-order chi connectivity index (χ0) is 14.4. The van der Waals surface area contributed by atoms with Crippen LogP contribution in [-0.4, -0.2) is 42.9 Å². The maximum Gasteiger partial charge on any atom is 0.0260 e. The van der Waals surface area contributed by atoms with Crippen LogP contribution in [0.25, 0.3) is 0 Å². The Bertz CT molecular complexity index is 381. The van der Waals surface area contributed by atoms with E-state index in [1.54, 1.807) is 0 Å². The van der Waals surface area contributed by atoms with Gasteiger partial charge in [-0.3, -0.25) is 0 Å². The van der Waals surface area contributed by atoms with Crippen LogP contribution in [0.15, 0.2) is 29.2 Å². The van der Waals surface area contributed by atoms with Crippen molar-refractivity contribution in [1.82, 2.24) is 10.2 Å². The standard InChI is InChI=1S/C17H28N2S/c1-14(2)19(3)11-7-6-10-18-13-16-12-15-8-4-5-9-17(15)20-16/h4-5,8-9,14,16,18H,6-7,10-13H2,1-3H3. The fourth-order valence-electron chi connectivity index (χ4n) is 2.50. The number of nitrogens with one attached hydrogen (secondary N) is 1. The zero-order valence-corrected chi connectivity index (χ0v) is 13.9. The molecule has 0 saturated heterocycles. The molecule has 2 rings (SSSR count). The smallest absolute Gasteiger partial charge is 0.0260 e. The SMILES string of the molecule is CC(C)N(C)CCCCNCC1Cc2ccccc2S1. The number of nitrogens with zero attached hydrogens (tertiary/aromatic N) is 1. The van der Waals surface area contributed by atoms with Gasteiger partial charge in [-0.05, 0) is 64.9 Å². The highest BCUT2D eigenvalue weighted by molar-refractivity contribution is 8.00. The monoisotopic (exact) mass is 292 g/mol. The van der Waals surface area contributed by atoms with Crippen LogP contribution >= 0.6 is 11.8 Å². The van der Waals surface area contributed by atoms with Crippen LogP contribution in [-0.2, 0) is 6.42 Å². The molecular formula is C17H28N2S. The van der Waals surface area contributed by atoms with Crippen LogP contribution in [0, 0.1) is 0 Å². The Balaban J connectivity index is 1.53. The first-order chi connectivity index (χ1) is 9.66. The summed E-state index contributed by atoms with van der Waals surface area (Å²) in [5.74, 6) is 0. The van der Waals surface area contributed by atoms with Crippen molar-refractivity contribution in [2.45, 2.75) is 49.3 Å². The minimum atomic E-state index is 0.663. The molecule has 0 radical (unpaired) electrons. The summed E-state index contributed by atoms with van der Waals surface area (Å²) in [6.07, 6.45) is 3.80. The second-order valence-electron chi connectivity index (χ2n) is 6.04. The molecule has 0 aromatic heterocycles. The molecule has 1 aliphatic rings. The lowest BCUT2D eigenvalue weighted by atomic mass is 10.1. The first-order valence-electron chi connectivity index (χ1n) is 7.82. The molecule has 0 aliphatic carbocycles. The topological polar surface area (TPSA) is 15.3 Å². The van der Waals surface area contributed by atoms with Crippen LogP contribution in [0.1, 0.15) is 32.3 Å². The van der Waals surface area contributed by atoms with Crippen molar-refractivity contribution in [3.8, 4) is 0 Å². The molecule has 3 heteroatoms. The Hall–Kier alpha value is -0.510. The van der Waals surface area contributed by atoms with Crippen LogP contribution in [0.5, 0.6) is 0 Å². The highest BCUT2D eigenvalue weighted by atomic mass is 32.2. The van der Waals surface area contributed by atoms with E-state index in [2.05, 4.69) is 55.4 Å². The zero-order valence-electron chi connectivity index (χ0n) is 13.1. The number of unbranched alkanes of at least 4 members (excludes halogenated alkanes) is 1. The lowest BCUT2D eigenvalue weighted by molar-refractivity contribution is 0.268. The first kappa shape index (κ1) is 15.9. The van der Waals surface area contributed by atoms with Crippen molar-refractivity contribution in [1.29, 1.82) is 0 Å². The predicted molar refractivity (Wildman–Crippen MR) is 89.7 cm³/mol. The van der Waals surface area contributed by atoms with Crippen molar-refractivity contribution in [3.63, 3.8) is 0 Å². The predicted octanol–water partition coefficient (Wildman–Crippen LogP) is 3.41. The summed E-state index contributed by atoms with van der Waals surface area (Å²) in [6, 6.07) is 9.48. The average Bonchev–Trinajstić information content (AvgIpc) is 2.84. The largest absolute Gasteiger partial charge is 0.316 e. The summed E-state index contributed by atoms with van der Waals surface area (Å²) in [6.45, 7) is 8.02. The van der Waals surface area contributed by atoms with Gasteiger partial charge in [0.05, 0.1) is 0 Å². The molecule has 1 aromatic carbocycles. The number of fused-ring (bicyclic) bond motifs is 1. The van der Waals surface area contributed by atoms with Gasteiger partial charge >= 0.3 is 0 Å². The Morgan fingerprint density at radius 2 is 2.10 bits per heavy atom. The molecule has 112 valence electrons. The molecule has 0 bridgehead atoms. The van der Waals surface area contributed by atoms with Crippen molar-refractivity contribution < 1.29 is 0 Å². The second kappa shape index (κ2) is 8.06. The molecular weight excluding hydrogens is 264 g/mol. The van der Waals surface area contributed by atoms with Crippen LogP contribution in [0.2, 0.25) is 0 Å². The van der Waals surface area contributed by atoms with E-state index < -0.39 is 0 Å². The third-order valence-electron chi connectivity index (χ3n) is 4.08. The molecule has 1 heterocycles. The molecule has 1 unspecified atom stereocenters. The van der Waals surface area contributed by atoms with Gasteiger partial charge in [-0.15, -0.1) is 11.8 Å². The van der Waals surface area contributed by atoms with Gasteiger partial charge in [-0.2, -0.15) is 0 Å². The van der Waals surface area contributed by atoms with E-state index in [1.165, 1.54) is 36.3 Å². The Morgan fingerprint density at radius 1 is 1.30 bits per heavy atom. The third-order valence-corrected chi connectivity index (χ3v) is 5.40. The van der Waals surface area contributed by atoms with Gasteiger partial charge in [0.15, 0.2) is 0 Å². The molecule has 2 nitrogen and oxygen atoms in total. The number of hydrogen-bond acceptors (Lipinski definition) is 3. The summed E-state index contributed by atoms with van der Waals surface area (Å²) >= 11 is 2.04. The lowest BCUT2D eigenvalue weighted by Gasteiger charge is -2.20. The van der Waals surface area contributed by atoms with Crippen molar-refractivity contribution >= 4 is 11.8 Å². The van der Waals surface area contributed by atoms with Gasteiger partial charge in [-0.1, -0.05) is 18.2 Å². The van der Waals surface area contributed by atoms with Gasteiger partial charge in [0, 0.05) is 22.7 Å². The fraction of sp³-hybridized carbons (Fsp3) is 0.647. The molecule has 1 aromatic rings. The Kier molecular flexibility index (Phi) is 6.40. The van der Waals surface area contributed by atoms with E-state index in [9.17, 15) is 0 Å². The number of rotatable bonds is 8.